The number of tetrazole rings is 1. The van der Waals surface area contributed by atoms with Crippen molar-refractivity contribution < 1.29 is 13.9 Å². The molecule has 11 nitrogen and oxygen atoms in total. The molecule has 5 rings (SSSR count). The van der Waals surface area contributed by atoms with E-state index in [1.165, 1.54) is 11.0 Å². The molecule has 35 heavy (non-hydrogen) atoms. The number of hydrogen-bond donors (Lipinski definition) is 1. The second-order valence-corrected chi connectivity index (χ2v) is 8.02. The summed E-state index contributed by atoms with van der Waals surface area (Å²) in [7, 11) is 0. The van der Waals surface area contributed by atoms with Crippen molar-refractivity contribution >= 4 is 5.82 Å². The predicted molar refractivity (Wildman–Crippen MR) is 125 cm³/mol. The Morgan fingerprint density at radius 1 is 1.11 bits per heavy atom. The molecule has 0 spiro atoms. The first-order valence-corrected chi connectivity index (χ1v) is 11.1. The third kappa shape index (κ3) is 4.79. The van der Waals surface area contributed by atoms with Crippen LogP contribution < -0.4 is 10.5 Å². The third-order valence-corrected chi connectivity index (χ3v) is 5.84. The van der Waals surface area contributed by atoms with Gasteiger partial charge in [-0.05, 0) is 35.5 Å². The predicted octanol–water partition coefficient (Wildman–Crippen LogP) is 1.92. The highest BCUT2D eigenvalue weighted by Crippen LogP contribution is 2.31. The molecule has 2 N–H and O–H groups in total. The Bertz CT molecular complexity index is 1310. The van der Waals surface area contributed by atoms with E-state index in [1.807, 2.05) is 0 Å². The topological polar surface area (TPSA) is 130 Å². The number of anilines is 1. The van der Waals surface area contributed by atoms with Crippen LogP contribution in [0.15, 0.2) is 43.1 Å². The molecule has 12 heteroatoms. The molecule has 0 amide bonds. The summed E-state index contributed by atoms with van der Waals surface area (Å²) in [6.45, 7) is 6.05. The minimum atomic E-state index is -0.485. The van der Waals surface area contributed by atoms with E-state index in [1.54, 1.807) is 43.7 Å². The molecule has 0 aliphatic carbocycles. The van der Waals surface area contributed by atoms with Crippen molar-refractivity contribution in [2.24, 2.45) is 0 Å². The van der Waals surface area contributed by atoms with Gasteiger partial charge in [0.15, 0.2) is 11.6 Å². The number of benzene rings is 1. The molecule has 1 saturated heterocycles. The zero-order valence-electron chi connectivity index (χ0n) is 19.1. The third-order valence-electron chi connectivity index (χ3n) is 5.84. The zero-order valence-corrected chi connectivity index (χ0v) is 19.1. The molecule has 0 unspecified atom stereocenters. The van der Waals surface area contributed by atoms with Gasteiger partial charge in [0.1, 0.15) is 30.2 Å². The van der Waals surface area contributed by atoms with E-state index in [-0.39, 0.29) is 17.3 Å². The van der Waals surface area contributed by atoms with E-state index in [2.05, 4.69) is 35.4 Å². The summed E-state index contributed by atoms with van der Waals surface area (Å²) in [5.74, 6) is 0.456. The number of pyridine rings is 1. The second kappa shape index (κ2) is 10.1. The van der Waals surface area contributed by atoms with Crippen LogP contribution in [0.2, 0.25) is 0 Å². The van der Waals surface area contributed by atoms with Gasteiger partial charge >= 0.3 is 0 Å². The Morgan fingerprint density at radius 2 is 1.91 bits per heavy atom. The fourth-order valence-corrected chi connectivity index (χ4v) is 3.86. The van der Waals surface area contributed by atoms with E-state index in [0.29, 0.717) is 23.5 Å². The lowest BCUT2D eigenvalue weighted by Gasteiger charge is -2.26. The van der Waals surface area contributed by atoms with E-state index < -0.39 is 5.82 Å². The number of hydrogen-bond acceptors (Lipinski definition) is 10. The molecule has 1 aliphatic heterocycles. The zero-order chi connectivity index (χ0) is 24.2. The van der Waals surface area contributed by atoms with Gasteiger partial charge in [-0.3, -0.25) is 4.90 Å². The maximum atomic E-state index is 15.5. The van der Waals surface area contributed by atoms with Crippen LogP contribution in [0.25, 0.3) is 28.2 Å². The van der Waals surface area contributed by atoms with E-state index in [9.17, 15) is 0 Å². The second-order valence-electron chi connectivity index (χ2n) is 8.02. The number of morpholine rings is 1. The largest absolute Gasteiger partial charge is 0.492 e. The van der Waals surface area contributed by atoms with Crippen molar-refractivity contribution in [3.8, 4) is 34.0 Å². The van der Waals surface area contributed by atoms with E-state index in [0.717, 1.165) is 44.0 Å². The molecule has 1 aromatic carbocycles. The molecular weight excluding hydrogens is 453 g/mol. The molecule has 0 atom stereocenters. The van der Waals surface area contributed by atoms with Crippen LogP contribution in [0, 0.1) is 12.7 Å². The van der Waals surface area contributed by atoms with Gasteiger partial charge in [-0.15, -0.1) is 5.10 Å². The Morgan fingerprint density at radius 3 is 2.71 bits per heavy atom. The fourth-order valence-electron chi connectivity index (χ4n) is 3.86. The average molecular weight is 478 g/mol. The monoisotopic (exact) mass is 477 g/mol. The number of aromatic nitrogens is 7. The highest BCUT2D eigenvalue weighted by atomic mass is 19.1. The van der Waals surface area contributed by atoms with Crippen LogP contribution >= 0.6 is 0 Å². The molecule has 1 aliphatic rings. The Hall–Kier alpha value is -4.03. The van der Waals surface area contributed by atoms with Gasteiger partial charge in [0.05, 0.1) is 18.8 Å². The SMILES string of the molecule is Cc1c(OCCN2CCOCC2)ccc(-n2nnnc2-c2cc(-c3cncnc3)cnc2N)c1F. The van der Waals surface area contributed by atoms with Gasteiger partial charge in [-0.1, -0.05) is 0 Å². The van der Waals surface area contributed by atoms with Crippen molar-refractivity contribution in [2.75, 3.05) is 45.2 Å². The molecule has 3 aromatic heterocycles. The summed E-state index contributed by atoms with van der Waals surface area (Å²) in [5.41, 5.74) is 8.62. The van der Waals surface area contributed by atoms with E-state index >= 15 is 4.39 Å². The average Bonchev–Trinajstić information content (AvgIpc) is 3.37. The molecule has 4 heterocycles. The lowest BCUT2D eigenvalue weighted by molar-refractivity contribution is 0.0322. The van der Waals surface area contributed by atoms with Gasteiger partial charge in [0.25, 0.3) is 0 Å². The summed E-state index contributed by atoms with van der Waals surface area (Å²) in [5, 5.41) is 11.9. The van der Waals surface area contributed by atoms with Crippen LogP contribution in [-0.2, 0) is 4.74 Å². The maximum absolute atomic E-state index is 15.5. The first kappa shape index (κ1) is 22.7. The minimum Gasteiger partial charge on any atom is -0.492 e. The molecule has 4 aromatic rings. The van der Waals surface area contributed by atoms with Crippen LogP contribution in [0.1, 0.15) is 5.56 Å². The van der Waals surface area contributed by atoms with Crippen LogP contribution in [0.3, 0.4) is 0 Å². The lowest BCUT2D eigenvalue weighted by atomic mass is 10.1. The first-order chi connectivity index (χ1) is 17.1. The summed E-state index contributed by atoms with van der Waals surface area (Å²) in [4.78, 5) is 14.6. The first-order valence-electron chi connectivity index (χ1n) is 11.1. The van der Waals surface area contributed by atoms with E-state index in [4.69, 9.17) is 15.2 Å². The Kier molecular flexibility index (Phi) is 6.55. The molecule has 180 valence electrons. The van der Waals surface area contributed by atoms with Crippen LogP contribution in [0.5, 0.6) is 5.75 Å². The minimum absolute atomic E-state index is 0.177. The van der Waals surface area contributed by atoms with Crippen molar-refractivity contribution in [2.45, 2.75) is 6.92 Å². The highest BCUT2D eigenvalue weighted by molar-refractivity contribution is 5.76. The molecule has 0 radical (unpaired) electrons. The molecule has 0 saturated carbocycles. The summed E-state index contributed by atoms with van der Waals surface area (Å²) in [6.07, 6.45) is 6.37. The highest BCUT2D eigenvalue weighted by Gasteiger charge is 2.20. The van der Waals surface area contributed by atoms with Crippen molar-refractivity contribution in [3.63, 3.8) is 0 Å². The number of nitrogens with two attached hydrogens (primary N) is 1. The maximum Gasteiger partial charge on any atom is 0.190 e. The quantitative estimate of drug-likeness (QED) is 0.421. The van der Waals surface area contributed by atoms with Gasteiger partial charge in [0, 0.05) is 54.9 Å². The fraction of sp³-hybridized carbons (Fsp3) is 0.304. The van der Waals surface area contributed by atoms with Gasteiger partial charge in [-0.25, -0.2) is 19.3 Å². The molecule has 0 bridgehead atoms. The summed E-state index contributed by atoms with van der Waals surface area (Å²) >= 11 is 0. The van der Waals surface area contributed by atoms with Gasteiger partial charge in [-0.2, -0.15) is 4.68 Å². The van der Waals surface area contributed by atoms with Crippen LogP contribution in [-0.4, -0.2) is 79.5 Å². The lowest BCUT2D eigenvalue weighted by Crippen LogP contribution is -2.38. The van der Waals surface area contributed by atoms with Crippen molar-refractivity contribution in [3.05, 3.63) is 54.5 Å². The Balaban J connectivity index is 1.41. The molecule has 1 fully saturated rings. The van der Waals surface area contributed by atoms with Gasteiger partial charge in [0.2, 0.25) is 0 Å². The van der Waals surface area contributed by atoms with Crippen LogP contribution in [0.4, 0.5) is 10.2 Å². The Labute approximate surface area is 200 Å². The summed E-state index contributed by atoms with van der Waals surface area (Å²) < 4.78 is 28.0. The van der Waals surface area contributed by atoms with Gasteiger partial charge < -0.3 is 15.2 Å². The van der Waals surface area contributed by atoms with Crippen molar-refractivity contribution in [1.82, 2.24) is 40.1 Å². The number of rotatable bonds is 7. The van der Waals surface area contributed by atoms with Crippen molar-refractivity contribution in [1.29, 1.82) is 0 Å². The number of ether oxygens (including phenoxy) is 2. The standard InChI is InChI=1S/C23H24FN9O2/c1-15-20(35-9-6-32-4-7-34-8-5-32)3-2-19(21(15)24)33-23(29-30-31-33)18-10-16(13-28-22(18)25)17-11-26-14-27-12-17/h2-3,10-14H,4-9H2,1H3,(H2,25,28). The number of halogens is 1. The number of nitrogens with zero attached hydrogens (tertiary/aromatic N) is 8. The normalized spacial score (nSPS) is 14.2. The number of nitrogen functional groups attached to an aromatic ring is 1. The smallest absolute Gasteiger partial charge is 0.190 e. The summed E-state index contributed by atoms with van der Waals surface area (Å²) in [6, 6.07) is 5.08. The molecular formula is C23H24FN9O2.